The van der Waals surface area contributed by atoms with Crippen LogP contribution >= 0.6 is 0 Å². The van der Waals surface area contributed by atoms with Crippen molar-refractivity contribution in [3.8, 4) is 0 Å². The molecule has 1 aromatic rings. The van der Waals surface area contributed by atoms with E-state index in [9.17, 15) is 4.79 Å². The first-order chi connectivity index (χ1) is 6.66. The number of hydrogen-bond donors (Lipinski definition) is 1. The molecule has 0 aliphatic rings. The van der Waals surface area contributed by atoms with Crippen molar-refractivity contribution in [2.24, 2.45) is 5.73 Å². The van der Waals surface area contributed by atoms with E-state index in [2.05, 4.69) is 4.74 Å². The predicted octanol–water partition coefficient (Wildman–Crippen LogP) is 0.729. The van der Waals surface area contributed by atoms with Crippen LogP contribution in [-0.2, 0) is 15.9 Å². The third-order valence-corrected chi connectivity index (χ3v) is 1.64. The fourth-order valence-electron chi connectivity index (χ4n) is 0.976. The molecule has 3 heteroatoms. The Kier molecular flexibility index (Phi) is 2.94. The Morgan fingerprint density at radius 1 is 1.62 bits per heavy atom. The van der Waals surface area contributed by atoms with Crippen LogP contribution < -0.4 is 5.73 Å². The van der Waals surface area contributed by atoms with E-state index in [1.165, 1.54) is 7.11 Å². The van der Waals surface area contributed by atoms with E-state index in [-0.39, 0.29) is 0 Å². The monoisotopic (exact) mass is 180 g/mol. The smallest absolute Gasteiger partial charge is 0.322 e. The minimum atomic E-state index is -0.928. The topological polar surface area (TPSA) is 52.3 Å². The zero-order chi connectivity index (χ0) is 10.6. The summed E-state index contributed by atoms with van der Waals surface area (Å²) >= 11 is 0. The molecule has 13 heavy (non-hydrogen) atoms. The van der Waals surface area contributed by atoms with Gasteiger partial charge in [-0.2, -0.15) is 0 Å². The number of methoxy groups -OCH3 is 1. The first-order valence-corrected chi connectivity index (χ1v) is 3.97. The standard InChI is InChI=1S/C10H13NO2/c1-13-10(12)9(11)7-8-5-3-2-4-6-8/h2-6,9H,7,11H2,1H3/t9-/m0/s1/i7D/t7-,9-. The molecule has 0 unspecified atom stereocenters. The minimum absolute atomic E-state index is 0.561. The third-order valence-electron chi connectivity index (χ3n) is 1.64. The van der Waals surface area contributed by atoms with Crippen molar-refractivity contribution in [3.05, 3.63) is 35.9 Å². The van der Waals surface area contributed by atoms with E-state index in [4.69, 9.17) is 7.10 Å². The Labute approximate surface area is 78.9 Å². The minimum Gasteiger partial charge on any atom is -0.468 e. The lowest BCUT2D eigenvalue weighted by molar-refractivity contribution is -0.142. The summed E-state index contributed by atoms with van der Waals surface area (Å²) in [6.07, 6.45) is -0.774. The lowest BCUT2D eigenvalue weighted by Crippen LogP contribution is -2.33. The molecule has 2 N–H and O–H groups in total. The molecule has 70 valence electrons. The van der Waals surface area contributed by atoms with E-state index in [0.29, 0.717) is 5.56 Å². The normalized spacial score (nSPS) is 15.7. The maximum Gasteiger partial charge on any atom is 0.322 e. The van der Waals surface area contributed by atoms with Gasteiger partial charge < -0.3 is 10.5 Å². The van der Waals surface area contributed by atoms with Crippen LogP contribution in [0, 0.1) is 0 Å². The number of nitrogens with two attached hydrogens (primary N) is 1. The Hall–Kier alpha value is -1.35. The Morgan fingerprint density at radius 3 is 2.77 bits per heavy atom. The van der Waals surface area contributed by atoms with Crippen LogP contribution in [0.4, 0.5) is 0 Å². The second kappa shape index (κ2) is 4.62. The van der Waals surface area contributed by atoms with Crippen molar-refractivity contribution in [1.82, 2.24) is 0 Å². The number of benzene rings is 1. The average molecular weight is 180 g/mol. The highest BCUT2D eigenvalue weighted by Crippen LogP contribution is 2.02. The molecular weight excluding hydrogens is 166 g/mol. The van der Waals surface area contributed by atoms with Crippen LogP contribution in [0.1, 0.15) is 6.93 Å². The molecule has 0 aromatic heterocycles. The van der Waals surface area contributed by atoms with Crippen LogP contribution in [0.5, 0.6) is 0 Å². The zero-order valence-corrected chi connectivity index (χ0v) is 7.44. The van der Waals surface area contributed by atoms with Gasteiger partial charge in [-0.15, -0.1) is 0 Å². The van der Waals surface area contributed by atoms with Crippen LogP contribution in [0.15, 0.2) is 30.3 Å². The van der Waals surface area contributed by atoms with Gasteiger partial charge in [0.25, 0.3) is 0 Å². The second-order valence-electron chi connectivity index (χ2n) is 2.63. The molecular formula is C10H13NO2. The molecule has 0 fully saturated rings. The molecule has 0 heterocycles. The number of rotatable bonds is 3. The molecule has 2 atom stereocenters. The largest absolute Gasteiger partial charge is 0.468 e. The summed E-state index contributed by atoms with van der Waals surface area (Å²) in [4.78, 5) is 11.1. The number of carbonyl (C=O) groups excluding carboxylic acids is 1. The van der Waals surface area contributed by atoms with E-state index >= 15 is 0 Å². The maximum absolute atomic E-state index is 11.1. The molecule has 0 radical (unpaired) electrons. The fraction of sp³-hybridized carbons (Fsp3) is 0.300. The van der Waals surface area contributed by atoms with E-state index in [1.54, 1.807) is 24.3 Å². The van der Waals surface area contributed by atoms with Gasteiger partial charge in [-0.1, -0.05) is 30.3 Å². The number of hydrogen-bond acceptors (Lipinski definition) is 3. The predicted molar refractivity (Wildman–Crippen MR) is 50.1 cm³/mol. The van der Waals surface area contributed by atoms with Crippen molar-refractivity contribution < 1.29 is 10.9 Å². The lowest BCUT2D eigenvalue weighted by atomic mass is 10.1. The third kappa shape index (κ3) is 2.87. The summed E-state index contributed by atoms with van der Waals surface area (Å²) < 4.78 is 12.2. The summed E-state index contributed by atoms with van der Waals surface area (Å²) in [6.45, 7) is 0. The zero-order valence-electron chi connectivity index (χ0n) is 8.44. The van der Waals surface area contributed by atoms with Crippen molar-refractivity contribution in [2.45, 2.75) is 12.4 Å². The first-order valence-electron chi connectivity index (χ1n) is 4.55. The maximum atomic E-state index is 11.1. The molecule has 0 aliphatic heterocycles. The molecule has 0 spiro atoms. The van der Waals surface area contributed by atoms with Crippen molar-refractivity contribution in [3.63, 3.8) is 0 Å². The van der Waals surface area contributed by atoms with Crippen LogP contribution in [0.25, 0.3) is 0 Å². The van der Waals surface area contributed by atoms with Crippen LogP contribution in [-0.4, -0.2) is 19.1 Å². The summed E-state index contributed by atoms with van der Waals surface area (Å²) in [5.41, 5.74) is 6.25. The summed E-state index contributed by atoms with van der Waals surface area (Å²) in [5.74, 6) is -0.561. The Bertz CT molecular complexity index is 302. The highest BCUT2D eigenvalue weighted by molar-refractivity contribution is 5.75. The highest BCUT2D eigenvalue weighted by atomic mass is 16.5. The van der Waals surface area contributed by atoms with Crippen LogP contribution in [0.2, 0.25) is 0 Å². The Morgan fingerprint density at radius 2 is 2.23 bits per heavy atom. The van der Waals surface area contributed by atoms with Gasteiger partial charge in [-0.25, -0.2) is 0 Å². The van der Waals surface area contributed by atoms with Crippen molar-refractivity contribution in [1.29, 1.82) is 0 Å². The van der Waals surface area contributed by atoms with Gasteiger partial charge in [0, 0.05) is 1.37 Å². The molecule has 1 aromatic carbocycles. The summed E-state index contributed by atoms with van der Waals surface area (Å²) in [7, 11) is 1.26. The second-order valence-corrected chi connectivity index (χ2v) is 2.63. The molecule has 0 aliphatic carbocycles. The lowest BCUT2D eigenvalue weighted by Gasteiger charge is -2.08. The molecule has 0 amide bonds. The van der Waals surface area contributed by atoms with Gasteiger partial charge in [0.05, 0.1) is 7.11 Å². The van der Waals surface area contributed by atoms with Gasteiger partial charge in [0.15, 0.2) is 0 Å². The first kappa shape index (κ1) is 8.26. The van der Waals surface area contributed by atoms with Crippen molar-refractivity contribution in [2.75, 3.05) is 7.11 Å². The quantitative estimate of drug-likeness (QED) is 0.698. The SMILES string of the molecule is [2H][C@@H](c1ccccc1)[C@H](N)C(=O)OC. The van der Waals surface area contributed by atoms with E-state index < -0.39 is 18.4 Å². The van der Waals surface area contributed by atoms with Gasteiger partial charge in [-0.05, 0) is 12.0 Å². The highest BCUT2D eigenvalue weighted by Gasteiger charge is 2.13. The van der Waals surface area contributed by atoms with Gasteiger partial charge in [0.2, 0.25) is 0 Å². The van der Waals surface area contributed by atoms with Gasteiger partial charge >= 0.3 is 5.97 Å². The summed E-state index contributed by atoms with van der Waals surface area (Å²) in [5, 5.41) is 0. The molecule has 1 rings (SSSR count). The molecule has 3 nitrogen and oxygen atoms in total. The Balaban J connectivity index is 2.75. The van der Waals surface area contributed by atoms with E-state index in [0.717, 1.165) is 0 Å². The molecule has 0 bridgehead atoms. The van der Waals surface area contributed by atoms with Gasteiger partial charge in [0.1, 0.15) is 6.04 Å². The van der Waals surface area contributed by atoms with E-state index in [1.807, 2.05) is 6.07 Å². The van der Waals surface area contributed by atoms with Crippen molar-refractivity contribution >= 4 is 5.97 Å². The van der Waals surface area contributed by atoms with Crippen LogP contribution in [0.3, 0.4) is 0 Å². The van der Waals surface area contributed by atoms with Gasteiger partial charge in [-0.3, -0.25) is 4.79 Å². The molecule has 0 saturated carbocycles. The fourth-order valence-corrected chi connectivity index (χ4v) is 0.976. The molecule has 0 saturated heterocycles. The summed E-state index contributed by atoms with van der Waals surface area (Å²) in [6, 6.07) is 8.06. The number of carbonyl (C=O) groups is 1. The average Bonchev–Trinajstić information content (AvgIpc) is 2.27. The number of esters is 1. The number of ether oxygens (including phenoxy) is 1.